The lowest BCUT2D eigenvalue weighted by atomic mass is 10.1. The lowest BCUT2D eigenvalue weighted by molar-refractivity contribution is 0.0692. The maximum absolute atomic E-state index is 12.4. The van der Waals surface area contributed by atoms with Gasteiger partial charge >= 0.3 is 5.97 Å². The molecular formula is C9H8F2O4. The summed E-state index contributed by atoms with van der Waals surface area (Å²) in [6, 6.07) is 1.87. The van der Waals surface area contributed by atoms with Gasteiger partial charge in [-0.05, 0) is 12.1 Å². The number of carboxylic acid groups (broad SMARTS) is 1. The number of halogens is 2. The van der Waals surface area contributed by atoms with Crippen LogP contribution in [0.2, 0.25) is 0 Å². The second-order valence-corrected chi connectivity index (χ2v) is 2.72. The average molecular weight is 218 g/mol. The summed E-state index contributed by atoms with van der Waals surface area (Å²) in [6.07, 6.45) is -2.96. The van der Waals surface area contributed by atoms with Gasteiger partial charge in [0, 0.05) is 0 Å². The number of aromatic hydroxyl groups is 1. The molecule has 0 atom stereocenters. The number of hydrogen-bond donors (Lipinski definition) is 2. The molecule has 0 saturated carbocycles. The Morgan fingerprint density at radius 3 is 2.47 bits per heavy atom. The summed E-state index contributed by atoms with van der Waals surface area (Å²) in [6.45, 7) is 0. The molecule has 0 unspecified atom stereocenters. The van der Waals surface area contributed by atoms with Crippen molar-refractivity contribution in [3.8, 4) is 11.5 Å². The Bertz CT molecular complexity index is 390. The van der Waals surface area contributed by atoms with Crippen molar-refractivity contribution in [3.05, 3.63) is 23.3 Å². The molecule has 0 heterocycles. The number of carboxylic acids is 1. The fourth-order valence-electron chi connectivity index (χ4n) is 1.08. The summed E-state index contributed by atoms with van der Waals surface area (Å²) >= 11 is 0. The number of aromatic carboxylic acids is 1. The monoisotopic (exact) mass is 218 g/mol. The van der Waals surface area contributed by atoms with Crippen LogP contribution in [0.4, 0.5) is 8.78 Å². The maximum atomic E-state index is 12.4. The third kappa shape index (κ3) is 2.15. The van der Waals surface area contributed by atoms with E-state index in [1.807, 2.05) is 0 Å². The summed E-state index contributed by atoms with van der Waals surface area (Å²) in [4.78, 5) is 10.6. The predicted octanol–water partition coefficient (Wildman–Crippen LogP) is 2.04. The van der Waals surface area contributed by atoms with E-state index in [1.165, 1.54) is 7.11 Å². The molecule has 15 heavy (non-hydrogen) atoms. The molecule has 1 aromatic rings. The smallest absolute Gasteiger partial charge is 0.339 e. The molecule has 0 fully saturated rings. The van der Waals surface area contributed by atoms with Crippen LogP contribution in [0.1, 0.15) is 22.3 Å². The van der Waals surface area contributed by atoms with Crippen molar-refractivity contribution in [2.75, 3.05) is 7.11 Å². The van der Waals surface area contributed by atoms with Gasteiger partial charge in [-0.25, -0.2) is 13.6 Å². The first kappa shape index (κ1) is 11.2. The van der Waals surface area contributed by atoms with Crippen LogP contribution in [-0.4, -0.2) is 23.3 Å². The molecular weight excluding hydrogens is 210 g/mol. The van der Waals surface area contributed by atoms with E-state index in [9.17, 15) is 18.7 Å². The summed E-state index contributed by atoms with van der Waals surface area (Å²) in [7, 11) is 1.22. The Morgan fingerprint density at radius 1 is 1.47 bits per heavy atom. The minimum Gasteiger partial charge on any atom is -0.507 e. The second-order valence-electron chi connectivity index (χ2n) is 2.72. The molecule has 0 radical (unpaired) electrons. The highest BCUT2D eigenvalue weighted by Crippen LogP contribution is 2.34. The molecule has 0 aliphatic rings. The van der Waals surface area contributed by atoms with Crippen LogP contribution in [0.15, 0.2) is 12.1 Å². The number of benzene rings is 1. The molecule has 1 rings (SSSR count). The molecule has 82 valence electrons. The number of ether oxygens (including phenoxy) is 1. The largest absolute Gasteiger partial charge is 0.507 e. The highest BCUT2D eigenvalue weighted by molar-refractivity contribution is 5.92. The van der Waals surface area contributed by atoms with Gasteiger partial charge in [-0.1, -0.05) is 0 Å². The minimum atomic E-state index is -2.96. The quantitative estimate of drug-likeness (QED) is 0.814. The standard InChI is InChI=1S/C9H8F2O4/c1-15-4-2-5(8(10)11)7(12)6(3-4)9(13)14/h2-3,8,12H,1H3,(H,13,14). The molecule has 6 heteroatoms. The zero-order chi connectivity index (χ0) is 11.6. The van der Waals surface area contributed by atoms with Crippen LogP contribution < -0.4 is 4.74 Å². The molecule has 0 spiro atoms. The number of hydrogen-bond acceptors (Lipinski definition) is 3. The van der Waals surface area contributed by atoms with Crippen LogP contribution >= 0.6 is 0 Å². The van der Waals surface area contributed by atoms with Crippen molar-refractivity contribution >= 4 is 5.97 Å². The van der Waals surface area contributed by atoms with E-state index in [2.05, 4.69) is 4.74 Å². The second kappa shape index (κ2) is 4.12. The Hall–Kier alpha value is -1.85. The Morgan fingerprint density at radius 2 is 2.07 bits per heavy atom. The van der Waals surface area contributed by atoms with Gasteiger partial charge in [-0.15, -0.1) is 0 Å². The Kier molecular flexibility index (Phi) is 3.08. The molecule has 4 nitrogen and oxygen atoms in total. The lowest BCUT2D eigenvalue weighted by Gasteiger charge is -2.09. The SMILES string of the molecule is COc1cc(C(=O)O)c(O)c(C(F)F)c1. The lowest BCUT2D eigenvalue weighted by Crippen LogP contribution is -2.01. The zero-order valence-electron chi connectivity index (χ0n) is 7.70. The summed E-state index contributed by atoms with van der Waals surface area (Å²) in [5.74, 6) is -2.47. The Labute approximate surface area is 83.7 Å². The van der Waals surface area contributed by atoms with Gasteiger partial charge in [0.05, 0.1) is 12.7 Å². The molecule has 1 aromatic carbocycles. The van der Waals surface area contributed by atoms with Crippen LogP contribution in [0.3, 0.4) is 0 Å². The first-order valence-corrected chi connectivity index (χ1v) is 3.89. The van der Waals surface area contributed by atoms with E-state index in [4.69, 9.17) is 5.11 Å². The minimum absolute atomic E-state index is 0.0412. The number of methoxy groups -OCH3 is 1. The maximum Gasteiger partial charge on any atom is 0.339 e. The van der Waals surface area contributed by atoms with Gasteiger partial charge in [-0.3, -0.25) is 0 Å². The van der Waals surface area contributed by atoms with Crippen molar-refractivity contribution in [1.29, 1.82) is 0 Å². The van der Waals surface area contributed by atoms with Gasteiger partial charge in [0.15, 0.2) is 0 Å². The summed E-state index contributed by atoms with van der Waals surface area (Å²) in [5, 5.41) is 17.9. The van der Waals surface area contributed by atoms with Gasteiger partial charge in [0.25, 0.3) is 6.43 Å². The van der Waals surface area contributed by atoms with Crippen molar-refractivity contribution in [3.63, 3.8) is 0 Å². The van der Waals surface area contributed by atoms with E-state index in [0.29, 0.717) is 0 Å². The molecule has 0 aliphatic heterocycles. The molecule has 0 aromatic heterocycles. The molecule has 2 N–H and O–H groups in total. The zero-order valence-corrected chi connectivity index (χ0v) is 7.70. The van der Waals surface area contributed by atoms with E-state index < -0.39 is 29.3 Å². The van der Waals surface area contributed by atoms with Gasteiger partial charge in [0.1, 0.15) is 17.1 Å². The third-order valence-electron chi connectivity index (χ3n) is 1.81. The van der Waals surface area contributed by atoms with E-state index >= 15 is 0 Å². The van der Waals surface area contributed by atoms with Crippen molar-refractivity contribution < 1.29 is 28.5 Å². The average Bonchev–Trinajstić information content (AvgIpc) is 2.17. The number of alkyl halides is 2. The fraction of sp³-hybridized carbons (Fsp3) is 0.222. The molecule has 0 amide bonds. The number of phenols is 1. The predicted molar refractivity (Wildman–Crippen MR) is 46.6 cm³/mol. The van der Waals surface area contributed by atoms with Crippen molar-refractivity contribution in [2.45, 2.75) is 6.43 Å². The number of rotatable bonds is 3. The topological polar surface area (TPSA) is 66.8 Å². The summed E-state index contributed by atoms with van der Waals surface area (Å²) in [5.41, 5.74) is -1.36. The van der Waals surface area contributed by atoms with E-state index in [-0.39, 0.29) is 5.75 Å². The van der Waals surface area contributed by atoms with Gasteiger partial charge in [0.2, 0.25) is 0 Å². The highest BCUT2D eigenvalue weighted by Gasteiger charge is 2.21. The van der Waals surface area contributed by atoms with Crippen LogP contribution in [0, 0.1) is 0 Å². The summed E-state index contributed by atoms with van der Waals surface area (Å²) < 4.78 is 29.4. The van der Waals surface area contributed by atoms with Crippen molar-refractivity contribution in [2.24, 2.45) is 0 Å². The molecule has 0 aliphatic carbocycles. The van der Waals surface area contributed by atoms with Gasteiger partial charge in [-0.2, -0.15) is 0 Å². The van der Waals surface area contributed by atoms with Crippen LogP contribution in [0.5, 0.6) is 11.5 Å². The molecule has 0 saturated heterocycles. The van der Waals surface area contributed by atoms with E-state index in [0.717, 1.165) is 12.1 Å². The fourth-order valence-corrected chi connectivity index (χ4v) is 1.08. The Balaban J connectivity index is 3.40. The van der Waals surface area contributed by atoms with Crippen LogP contribution in [0.25, 0.3) is 0 Å². The normalized spacial score (nSPS) is 10.4. The van der Waals surface area contributed by atoms with Gasteiger partial charge < -0.3 is 14.9 Å². The van der Waals surface area contributed by atoms with Crippen LogP contribution in [-0.2, 0) is 0 Å². The van der Waals surface area contributed by atoms with Crippen molar-refractivity contribution in [1.82, 2.24) is 0 Å². The number of carbonyl (C=O) groups is 1. The third-order valence-corrected chi connectivity index (χ3v) is 1.81. The van der Waals surface area contributed by atoms with E-state index in [1.54, 1.807) is 0 Å². The first-order chi connectivity index (χ1) is 6.97. The highest BCUT2D eigenvalue weighted by atomic mass is 19.3. The first-order valence-electron chi connectivity index (χ1n) is 3.89. The molecule has 0 bridgehead atoms.